The number of fused-ring (bicyclic) bond motifs is 1. The summed E-state index contributed by atoms with van der Waals surface area (Å²) in [4.78, 5) is 26.2. The second-order valence-electron chi connectivity index (χ2n) is 5.67. The molecule has 2 unspecified atom stereocenters. The maximum atomic E-state index is 12.4. The minimum absolute atomic E-state index is 0.135. The summed E-state index contributed by atoms with van der Waals surface area (Å²) < 4.78 is 0. The van der Waals surface area contributed by atoms with Crippen molar-refractivity contribution in [1.82, 2.24) is 0 Å². The zero-order valence-corrected chi connectivity index (χ0v) is 11.5. The quantitative estimate of drug-likeness (QED) is 0.655. The van der Waals surface area contributed by atoms with Gasteiger partial charge < -0.3 is 5.73 Å². The molecule has 1 aliphatic heterocycles. The Kier molecular flexibility index (Phi) is 2.35. The number of thiocarbonyl (C=S) groups is 1. The van der Waals surface area contributed by atoms with Crippen molar-refractivity contribution in [2.24, 2.45) is 23.0 Å². The second kappa shape index (κ2) is 3.63. The predicted molar refractivity (Wildman–Crippen MR) is 75.6 cm³/mol. The minimum Gasteiger partial charge on any atom is -0.389 e. The highest BCUT2D eigenvalue weighted by atomic mass is 32.1. The van der Waals surface area contributed by atoms with E-state index in [4.69, 9.17) is 18.0 Å². The Bertz CT molecular complexity index is 600. The summed E-state index contributed by atoms with van der Waals surface area (Å²) >= 11 is 4.98. The van der Waals surface area contributed by atoms with Crippen molar-refractivity contribution in [2.75, 3.05) is 4.90 Å². The van der Waals surface area contributed by atoms with Gasteiger partial charge in [-0.3, -0.25) is 9.59 Å². The second-order valence-corrected chi connectivity index (χ2v) is 6.11. The highest BCUT2D eigenvalue weighted by Crippen LogP contribution is 2.63. The number of hydrogen-bond acceptors (Lipinski definition) is 3. The number of carbonyl (C=O) groups excluding carboxylic acids is 2. The first-order valence-corrected chi connectivity index (χ1v) is 6.55. The van der Waals surface area contributed by atoms with Crippen LogP contribution in [0.2, 0.25) is 0 Å². The summed E-state index contributed by atoms with van der Waals surface area (Å²) in [5.41, 5.74) is 6.52. The molecule has 19 heavy (non-hydrogen) atoms. The Morgan fingerprint density at radius 1 is 1.21 bits per heavy atom. The van der Waals surface area contributed by atoms with Gasteiger partial charge in [0.1, 0.15) is 4.99 Å². The molecule has 98 valence electrons. The Morgan fingerprint density at radius 3 is 2.26 bits per heavy atom. The van der Waals surface area contributed by atoms with E-state index in [0.29, 0.717) is 11.3 Å². The number of anilines is 1. The zero-order valence-electron chi connectivity index (χ0n) is 10.7. The van der Waals surface area contributed by atoms with E-state index in [1.54, 1.807) is 24.3 Å². The van der Waals surface area contributed by atoms with Crippen LogP contribution in [0.1, 0.15) is 19.4 Å². The number of benzene rings is 1. The molecular formula is C14H14N2O2S. The van der Waals surface area contributed by atoms with E-state index in [0.717, 1.165) is 0 Å². The van der Waals surface area contributed by atoms with Crippen molar-refractivity contribution in [1.29, 1.82) is 0 Å². The van der Waals surface area contributed by atoms with Crippen molar-refractivity contribution in [3.63, 3.8) is 0 Å². The number of para-hydroxylation sites is 1. The van der Waals surface area contributed by atoms with Gasteiger partial charge in [-0.05, 0) is 17.5 Å². The average Bonchev–Trinajstić information content (AvgIpc) is 2.80. The molecule has 2 fully saturated rings. The molecule has 4 nitrogen and oxygen atoms in total. The van der Waals surface area contributed by atoms with Crippen LogP contribution < -0.4 is 10.6 Å². The van der Waals surface area contributed by atoms with Crippen molar-refractivity contribution < 1.29 is 9.59 Å². The summed E-state index contributed by atoms with van der Waals surface area (Å²) in [5.74, 6) is -0.661. The first kappa shape index (κ1) is 12.3. The fourth-order valence-corrected chi connectivity index (χ4v) is 3.23. The molecule has 1 saturated carbocycles. The Balaban J connectivity index is 2.05. The van der Waals surface area contributed by atoms with E-state index >= 15 is 0 Å². The maximum absolute atomic E-state index is 12.4. The third kappa shape index (κ3) is 1.48. The average molecular weight is 274 g/mol. The first-order chi connectivity index (χ1) is 8.87. The Hall–Kier alpha value is -1.75. The Labute approximate surface area is 116 Å². The van der Waals surface area contributed by atoms with Crippen molar-refractivity contribution >= 4 is 34.7 Å². The lowest BCUT2D eigenvalue weighted by molar-refractivity contribution is -0.125. The van der Waals surface area contributed by atoms with Crippen LogP contribution in [-0.2, 0) is 9.59 Å². The van der Waals surface area contributed by atoms with E-state index < -0.39 is 0 Å². The molecular weight excluding hydrogens is 260 g/mol. The summed E-state index contributed by atoms with van der Waals surface area (Å²) in [7, 11) is 0. The van der Waals surface area contributed by atoms with Gasteiger partial charge in [0.05, 0.1) is 17.5 Å². The first-order valence-electron chi connectivity index (χ1n) is 6.14. The minimum atomic E-state index is -0.206. The molecule has 2 N–H and O–H groups in total. The largest absolute Gasteiger partial charge is 0.389 e. The van der Waals surface area contributed by atoms with E-state index in [2.05, 4.69) is 0 Å². The molecule has 1 aliphatic carbocycles. The molecule has 2 amide bonds. The standard InChI is InChI=1S/C14H14N2O2S/c1-14(2)9-10(14)13(18)16(12(9)17)8-6-4-3-5-7(8)11(15)19/h3-6,9-10H,1-2H3,(H2,15,19). The Morgan fingerprint density at radius 2 is 1.74 bits per heavy atom. The van der Waals surface area contributed by atoms with Crippen molar-refractivity contribution in [2.45, 2.75) is 13.8 Å². The van der Waals surface area contributed by atoms with Gasteiger partial charge in [-0.2, -0.15) is 0 Å². The number of rotatable bonds is 2. The molecule has 2 aliphatic rings. The monoisotopic (exact) mass is 274 g/mol. The number of carbonyl (C=O) groups is 2. The molecule has 1 aromatic carbocycles. The normalized spacial score (nSPS) is 27.4. The molecule has 2 atom stereocenters. The van der Waals surface area contributed by atoms with Crippen molar-refractivity contribution in [3.05, 3.63) is 29.8 Å². The summed E-state index contributed by atoms with van der Waals surface area (Å²) in [6.45, 7) is 3.91. The van der Waals surface area contributed by atoms with Crippen LogP contribution >= 0.6 is 12.2 Å². The van der Waals surface area contributed by atoms with Gasteiger partial charge in [0, 0.05) is 5.56 Å². The van der Waals surface area contributed by atoms with Gasteiger partial charge in [0.15, 0.2) is 0 Å². The predicted octanol–water partition coefficient (Wildman–Crippen LogP) is 1.47. The van der Waals surface area contributed by atoms with Crippen molar-refractivity contribution in [3.8, 4) is 0 Å². The third-order valence-electron chi connectivity index (χ3n) is 4.21. The molecule has 5 heteroatoms. The molecule has 3 rings (SSSR count). The smallest absolute Gasteiger partial charge is 0.238 e. The molecule has 1 aromatic rings. The number of amides is 2. The van der Waals surface area contributed by atoms with E-state index in [9.17, 15) is 9.59 Å². The van der Waals surface area contributed by atoms with E-state index in [-0.39, 0.29) is 34.1 Å². The lowest BCUT2D eigenvalue weighted by Crippen LogP contribution is -2.37. The van der Waals surface area contributed by atoms with Gasteiger partial charge in [0.2, 0.25) is 11.8 Å². The van der Waals surface area contributed by atoms with Gasteiger partial charge in [-0.25, -0.2) is 4.90 Å². The maximum Gasteiger partial charge on any atom is 0.238 e. The third-order valence-corrected chi connectivity index (χ3v) is 4.43. The lowest BCUT2D eigenvalue weighted by Gasteiger charge is -2.22. The molecule has 0 bridgehead atoms. The molecule has 0 radical (unpaired) electrons. The van der Waals surface area contributed by atoms with Crippen LogP contribution in [0.4, 0.5) is 5.69 Å². The van der Waals surface area contributed by atoms with Gasteiger partial charge in [-0.1, -0.05) is 38.2 Å². The topological polar surface area (TPSA) is 63.4 Å². The van der Waals surface area contributed by atoms with Crippen LogP contribution in [0.15, 0.2) is 24.3 Å². The number of nitrogens with zero attached hydrogens (tertiary/aromatic N) is 1. The van der Waals surface area contributed by atoms with Crippen LogP contribution in [0.25, 0.3) is 0 Å². The summed E-state index contributed by atoms with van der Waals surface area (Å²) in [6, 6.07) is 7.00. The van der Waals surface area contributed by atoms with Crippen LogP contribution in [0.5, 0.6) is 0 Å². The fraction of sp³-hybridized carbons (Fsp3) is 0.357. The van der Waals surface area contributed by atoms with Gasteiger partial charge in [-0.15, -0.1) is 0 Å². The lowest BCUT2D eigenvalue weighted by atomic mass is 10.0. The van der Waals surface area contributed by atoms with Crippen LogP contribution in [0, 0.1) is 17.3 Å². The van der Waals surface area contributed by atoms with Crippen LogP contribution in [0.3, 0.4) is 0 Å². The number of nitrogens with two attached hydrogens (primary N) is 1. The van der Waals surface area contributed by atoms with Crippen LogP contribution in [-0.4, -0.2) is 16.8 Å². The molecule has 0 aromatic heterocycles. The molecule has 1 saturated heterocycles. The van der Waals surface area contributed by atoms with Gasteiger partial charge in [0.25, 0.3) is 0 Å². The molecule has 0 spiro atoms. The van der Waals surface area contributed by atoms with Gasteiger partial charge >= 0.3 is 0 Å². The SMILES string of the molecule is CC1(C)C2C(=O)N(c3ccccc3C(N)=S)C(=O)C21. The summed E-state index contributed by atoms with van der Waals surface area (Å²) in [6.07, 6.45) is 0. The highest BCUT2D eigenvalue weighted by molar-refractivity contribution is 7.80. The zero-order chi connectivity index (χ0) is 13.9. The fourth-order valence-electron chi connectivity index (χ4n) is 3.06. The molecule has 1 heterocycles. The van der Waals surface area contributed by atoms with E-state index in [1.807, 2.05) is 13.8 Å². The number of hydrogen-bond donors (Lipinski definition) is 1. The number of imide groups is 1. The van der Waals surface area contributed by atoms with E-state index in [1.165, 1.54) is 4.90 Å². The highest BCUT2D eigenvalue weighted by Gasteiger charge is 2.72. The number of piperidine rings is 1. The summed E-state index contributed by atoms with van der Waals surface area (Å²) in [5, 5.41) is 0.